The van der Waals surface area contributed by atoms with Crippen LogP contribution < -0.4 is 4.40 Å². The van der Waals surface area contributed by atoms with Crippen LogP contribution in [0.25, 0.3) is 0 Å². The Morgan fingerprint density at radius 3 is 2.00 bits per heavy atom. The van der Waals surface area contributed by atoms with Crippen molar-refractivity contribution in [3.05, 3.63) is 30.3 Å². The summed E-state index contributed by atoms with van der Waals surface area (Å²) in [5, 5.41) is 0. The van der Waals surface area contributed by atoms with Gasteiger partial charge in [0.2, 0.25) is 0 Å². The van der Waals surface area contributed by atoms with E-state index >= 15 is 0 Å². The van der Waals surface area contributed by atoms with Gasteiger partial charge in [0, 0.05) is 0 Å². The summed E-state index contributed by atoms with van der Waals surface area (Å²) in [7, 11) is 0. The van der Waals surface area contributed by atoms with Gasteiger partial charge >= 0.3 is 86.4 Å². The van der Waals surface area contributed by atoms with Gasteiger partial charge in [-0.3, -0.25) is 0 Å². The molecule has 0 aliphatic rings. The molecular weight excluding hydrogens is 252 g/mol. The van der Waals surface area contributed by atoms with E-state index in [0.29, 0.717) is 0 Å². The molecule has 0 aliphatic heterocycles. The van der Waals surface area contributed by atoms with Gasteiger partial charge in [-0.05, 0) is 0 Å². The Balaban J connectivity index is 2.95. The van der Waals surface area contributed by atoms with Crippen molar-refractivity contribution in [1.29, 1.82) is 0 Å². The van der Waals surface area contributed by atoms with Crippen LogP contribution in [0.2, 0.25) is 5.76 Å². The van der Waals surface area contributed by atoms with Crippen LogP contribution in [-0.2, 0) is 0 Å². The van der Waals surface area contributed by atoms with E-state index in [4.69, 9.17) is 23.2 Å². The van der Waals surface area contributed by atoms with Crippen molar-refractivity contribution in [2.24, 2.45) is 0 Å². The van der Waals surface area contributed by atoms with Gasteiger partial charge in [0.05, 0.1) is 0 Å². The van der Waals surface area contributed by atoms with E-state index in [2.05, 4.69) is 30.0 Å². The maximum absolute atomic E-state index is 5.94. The van der Waals surface area contributed by atoms with E-state index in [1.54, 1.807) is 0 Å². The molecule has 0 heterocycles. The molecule has 0 atom stereocenters. The predicted octanol–water partition coefficient (Wildman–Crippen LogP) is 2.53. The summed E-state index contributed by atoms with van der Waals surface area (Å²) in [5.74, 6) is 2.26. The zero-order valence-electron chi connectivity index (χ0n) is 7.06. The Morgan fingerprint density at radius 1 is 1.08 bits per heavy atom. The van der Waals surface area contributed by atoms with Crippen LogP contribution in [0.3, 0.4) is 0 Å². The number of benzene rings is 1. The molecule has 0 N–H and O–H groups in total. The quantitative estimate of drug-likeness (QED) is 0.581. The minimum absolute atomic E-state index is 0.744. The maximum atomic E-state index is 5.94. The van der Waals surface area contributed by atoms with Crippen molar-refractivity contribution in [3.8, 4) is 0 Å². The molecule has 0 saturated heterocycles. The molecule has 0 saturated carbocycles. The number of rotatable bonds is 3. The Kier molecular flexibility index (Phi) is 3.95. The second-order valence-corrected chi connectivity index (χ2v) is 14.9. The first-order valence-corrected chi connectivity index (χ1v) is 11.1. The second-order valence-electron chi connectivity index (χ2n) is 3.19. The van der Waals surface area contributed by atoms with Gasteiger partial charge < -0.3 is 0 Å². The van der Waals surface area contributed by atoms with E-state index in [9.17, 15) is 0 Å². The van der Waals surface area contributed by atoms with E-state index in [1.165, 1.54) is 4.40 Å². The average molecular weight is 264 g/mol. The number of alkyl halides is 2. The zero-order chi connectivity index (χ0) is 9.03. The summed E-state index contributed by atoms with van der Waals surface area (Å²) >= 11 is 9.83. The zero-order valence-corrected chi connectivity index (χ0v) is 10.7. The van der Waals surface area contributed by atoms with Gasteiger partial charge in [-0.1, -0.05) is 0 Å². The van der Waals surface area contributed by atoms with E-state index < -0.39 is 13.3 Å². The fourth-order valence-electron chi connectivity index (χ4n) is 1.03. The van der Waals surface area contributed by atoms with Gasteiger partial charge in [0.1, 0.15) is 0 Å². The van der Waals surface area contributed by atoms with Crippen LogP contribution in [0, 0.1) is 0 Å². The second kappa shape index (κ2) is 4.54. The van der Waals surface area contributed by atoms with Crippen LogP contribution >= 0.6 is 23.2 Å². The molecule has 0 aromatic heterocycles. The van der Waals surface area contributed by atoms with Gasteiger partial charge in [-0.25, -0.2) is 0 Å². The molecular formula is C9H12Cl2Ge. The Morgan fingerprint density at radius 2 is 1.58 bits per heavy atom. The molecule has 0 fully saturated rings. The van der Waals surface area contributed by atoms with Crippen LogP contribution in [0.4, 0.5) is 0 Å². The molecule has 66 valence electrons. The third-order valence-electron chi connectivity index (χ3n) is 2.06. The van der Waals surface area contributed by atoms with Crippen molar-refractivity contribution >= 4 is 40.9 Å². The standard InChI is InChI=1S/C9H12Cl2Ge/c1-12(7-10,8-11)9-5-3-2-4-6-9/h2-6H,7-8H2,1H3. The van der Waals surface area contributed by atoms with E-state index in [1.807, 2.05) is 6.07 Å². The van der Waals surface area contributed by atoms with Gasteiger partial charge in [-0.2, -0.15) is 0 Å². The normalized spacial score (nSPS) is 11.6. The Labute approximate surface area is 86.2 Å². The summed E-state index contributed by atoms with van der Waals surface area (Å²) < 4.78 is 2.88. The monoisotopic (exact) mass is 264 g/mol. The number of halogens is 2. The predicted molar refractivity (Wildman–Crippen MR) is 59.1 cm³/mol. The molecule has 0 amide bonds. The summed E-state index contributed by atoms with van der Waals surface area (Å²) in [4.78, 5) is 0. The summed E-state index contributed by atoms with van der Waals surface area (Å²) in [6.45, 7) is 0. The summed E-state index contributed by atoms with van der Waals surface area (Å²) in [5.41, 5.74) is 0. The first-order valence-electron chi connectivity index (χ1n) is 3.90. The molecule has 1 aromatic carbocycles. The van der Waals surface area contributed by atoms with Crippen LogP contribution in [0.1, 0.15) is 0 Å². The first kappa shape index (κ1) is 10.4. The third kappa shape index (κ3) is 2.18. The van der Waals surface area contributed by atoms with Crippen molar-refractivity contribution in [2.45, 2.75) is 5.76 Å². The summed E-state index contributed by atoms with van der Waals surface area (Å²) in [6, 6.07) is 10.4. The number of hydrogen-bond donors (Lipinski definition) is 0. The molecule has 0 nitrogen and oxygen atoms in total. The number of hydrogen-bond acceptors (Lipinski definition) is 0. The van der Waals surface area contributed by atoms with Gasteiger partial charge in [-0.15, -0.1) is 0 Å². The molecule has 0 bridgehead atoms. The van der Waals surface area contributed by atoms with Crippen molar-refractivity contribution in [2.75, 3.05) is 9.42 Å². The minimum atomic E-state index is -2.05. The summed E-state index contributed by atoms with van der Waals surface area (Å²) in [6.07, 6.45) is 0. The molecule has 1 aromatic rings. The van der Waals surface area contributed by atoms with Crippen LogP contribution in [0.5, 0.6) is 0 Å². The van der Waals surface area contributed by atoms with Gasteiger partial charge in [0.25, 0.3) is 0 Å². The fraction of sp³-hybridized carbons (Fsp3) is 0.333. The first-order chi connectivity index (χ1) is 5.73. The Hall–Kier alpha value is 0.343. The SMILES string of the molecule is [CH3][Ge]([CH2]Cl)([CH2]Cl)[c]1ccccc1. The molecule has 0 spiro atoms. The molecule has 12 heavy (non-hydrogen) atoms. The van der Waals surface area contributed by atoms with Crippen molar-refractivity contribution < 1.29 is 0 Å². The van der Waals surface area contributed by atoms with E-state index in [-0.39, 0.29) is 0 Å². The molecule has 0 aliphatic carbocycles. The molecule has 1 rings (SSSR count). The van der Waals surface area contributed by atoms with Crippen LogP contribution in [0.15, 0.2) is 30.3 Å². The topological polar surface area (TPSA) is 0 Å². The van der Waals surface area contributed by atoms with Crippen molar-refractivity contribution in [3.63, 3.8) is 0 Å². The van der Waals surface area contributed by atoms with Crippen LogP contribution in [-0.4, -0.2) is 22.7 Å². The van der Waals surface area contributed by atoms with E-state index in [0.717, 1.165) is 9.42 Å². The Bertz CT molecular complexity index is 232. The van der Waals surface area contributed by atoms with Crippen molar-refractivity contribution in [1.82, 2.24) is 0 Å². The molecule has 0 radical (unpaired) electrons. The molecule has 0 unspecified atom stereocenters. The average Bonchev–Trinajstić information content (AvgIpc) is 2.18. The fourth-order valence-corrected chi connectivity index (χ4v) is 7.01. The molecule has 3 heteroatoms. The van der Waals surface area contributed by atoms with Gasteiger partial charge in [0.15, 0.2) is 0 Å². The third-order valence-corrected chi connectivity index (χ3v) is 14.3.